The van der Waals surface area contributed by atoms with Crippen molar-refractivity contribution in [3.8, 4) is 0 Å². The number of hydrogen-bond acceptors (Lipinski definition) is 2. The van der Waals surface area contributed by atoms with Gasteiger partial charge in [0.2, 0.25) is 0 Å². The first kappa shape index (κ1) is 14.6. The largest absolute Gasteiger partial charge is 0.478 e. The van der Waals surface area contributed by atoms with Gasteiger partial charge in [-0.1, -0.05) is 20.8 Å². The number of fused-ring (bicyclic) bond motifs is 1. The van der Waals surface area contributed by atoms with Crippen LogP contribution in [0.1, 0.15) is 49.8 Å². The minimum atomic E-state index is -0.889. The van der Waals surface area contributed by atoms with Gasteiger partial charge in [0.25, 0.3) is 0 Å². The summed E-state index contributed by atoms with van der Waals surface area (Å²) in [6, 6.07) is 5.16. The number of nitrogens with zero attached hydrogens (tertiary/aromatic N) is 2. The highest BCUT2D eigenvalue weighted by Gasteiger charge is 2.12. The van der Waals surface area contributed by atoms with Gasteiger partial charge in [0.15, 0.2) is 0 Å². The van der Waals surface area contributed by atoms with E-state index in [9.17, 15) is 4.79 Å². The van der Waals surface area contributed by atoms with Gasteiger partial charge in [0, 0.05) is 13.0 Å². The summed E-state index contributed by atoms with van der Waals surface area (Å²) in [4.78, 5) is 15.7. The number of carbonyl (C=O) groups is 1. The molecule has 4 heteroatoms. The zero-order valence-electron chi connectivity index (χ0n) is 12.4. The number of carboxylic acid groups (broad SMARTS) is 1. The van der Waals surface area contributed by atoms with Gasteiger partial charge < -0.3 is 9.67 Å². The summed E-state index contributed by atoms with van der Waals surface area (Å²) in [5, 5.41) is 9.12. The van der Waals surface area contributed by atoms with Crippen molar-refractivity contribution in [3.63, 3.8) is 0 Å². The van der Waals surface area contributed by atoms with E-state index in [0.29, 0.717) is 11.5 Å². The Hall–Kier alpha value is -1.84. The van der Waals surface area contributed by atoms with Crippen molar-refractivity contribution in [3.05, 3.63) is 29.6 Å². The van der Waals surface area contributed by atoms with Crippen LogP contribution in [-0.4, -0.2) is 20.6 Å². The number of imidazole rings is 1. The molecule has 0 aliphatic rings. The van der Waals surface area contributed by atoms with Gasteiger partial charge in [-0.05, 0) is 37.0 Å². The Balaban J connectivity index is 2.37. The summed E-state index contributed by atoms with van der Waals surface area (Å²) in [6.07, 6.45) is 3.12. The highest BCUT2D eigenvalue weighted by molar-refractivity contribution is 5.92. The van der Waals surface area contributed by atoms with E-state index >= 15 is 0 Å². The normalized spacial score (nSPS) is 11.4. The van der Waals surface area contributed by atoms with E-state index in [1.54, 1.807) is 18.2 Å². The molecule has 0 saturated heterocycles. The molecule has 4 nitrogen and oxygen atoms in total. The van der Waals surface area contributed by atoms with Gasteiger partial charge in [0.05, 0.1) is 16.6 Å². The lowest BCUT2D eigenvalue weighted by Gasteiger charge is -2.09. The molecule has 0 amide bonds. The van der Waals surface area contributed by atoms with E-state index < -0.39 is 5.97 Å². The first-order chi connectivity index (χ1) is 9.52. The predicted molar refractivity (Wildman–Crippen MR) is 80.1 cm³/mol. The van der Waals surface area contributed by atoms with Crippen molar-refractivity contribution in [2.75, 3.05) is 0 Å². The third kappa shape index (κ3) is 3.00. The summed E-state index contributed by atoms with van der Waals surface area (Å²) in [5.41, 5.74) is 2.15. The second kappa shape index (κ2) is 6.07. The van der Waals surface area contributed by atoms with Crippen molar-refractivity contribution in [1.29, 1.82) is 0 Å². The number of benzene rings is 1. The molecule has 0 saturated carbocycles. The number of rotatable bonds is 6. The molecule has 0 unspecified atom stereocenters. The van der Waals surface area contributed by atoms with Crippen LogP contribution in [0, 0.1) is 5.92 Å². The second-order valence-electron chi connectivity index (χ2n) is 5.58. The third-order valence-electron chi connectivity index (χ3n) is 3.55. The fraction of sp³-hybridized carbons (Fsp3) is 0.500. The fourth-order valence-electron chi connectivity index (χ4n) is 2.48. The van der Waals surface area contributed by atoms with Gasteiger partial charge in [-0.15, -0.1) is 0 Å². The summed E-state index contributed by atoms with van der Waals surface area (Å²) >= 11 is 0. The highest BCUT2D eigenvalue weighted by atomic mass is 16.4. The maximum atomic E-state index is 11.1. The SMILES string of the molecule is CCc1nc2ccc(C(=O)O)cc2n1CCCC(C)C. The Bertz CT molecular complexity index is 614. The minimum Gasteiger partial charge on any atom is -0.478 e. The van der Waals surface area contributed by atoms with E-state index in [4.69, 9.17) is 5.11 Å². The van der Waals surface area contributed by atoms with Crippen molar-refractivity contribution in [1.82, 2.24) is 9.55 Å². The molecule has 2 aromatic rings. The molecule has 0 spiro atoms. The van der Waals surface area contributed by atoms with Crippen LogP contribution in [0.4, 0.5) is 0 Å². The number of hydrogen-bond donors (Lipinski definition) is 1. The van der Waals surface area contributed by atoms with E-state index in [0.717, 1.165) is 36.2 Å². The number of carboxylic acids is 1. The minimum absolute atomic E-state index is 0.324. The van der Waals surface area contributed by atoms with Crippen molar-refractivity contribution < 1.29 is 9.90 Å². The van der Waals surface area contributed by atoms with E-state index in [1.807, 2.05) is 0 Å². The van der Waals surface area contributed by atoms with Crippen LogP contribution >= 0.6 is 0 Å². The molecule has 0 bridgehead atoms. The van der Waals surface area contributed by atoms with Crippen LogP contribution < -0.4 is 0 Å². The summed E-state index contributed by atoms with van der Waals surface area (Å²) in [5.74, 6) is 0.829. The lowest BCUT2D eigenvalue weighted by Crippen LogP contribution is -2.05. The first-order valence-electron chi connectivity index (χ1n) is 7.25. The zero-order valence-corrected chi connectivity index (χ0v) is 12.4. The zero-order chi connectivity index (χ0) is 14.7. The van der Waals surface area contributed by atoms with E-state index in [1.165, 1.54) is 6.42 Å². The van der Waals surface area contributed by atoms with Crippen molar-refractivity contribution in [2.24, 2.45) is 5.92 Å². The molecule has 0 aliphatic carbocycles. The summed E-state index contributed by atoms with van der Waals surface area (Å²) in [7, 11) is 0. The standard InChI is InChI=1S/C16H22N2O2/c1-4-15-17-13-8-7-12(16(19)20)10-14(13)18(15)9-5-6-11(2)3/h7-8,10-11H,4-6,9H2,1-3H3,(H,19,20). The van der Waals surface area contributed by atoms with Crippen molar-refractivity contribution in [2.45, 2.75) is 46.6 Å². The lowest BCUT2D eigenvalue weighted by molar-refractivity contribution is 0.0697. The Morgan fingerprint density at radius 2 is 2.15 bits per heavy atom. The van der Waals surface area contributed by atoms with Gasteiger partial charge in [-0.2, -0.15) is 0 Å². The van der Waals surface area contributed by atoms with Gasteiger partial charge in [-0.25, -0.2) is 9.78 Å². The van der Waals surface area contributed by atoms with Crippen LogP contribution in [0.15, 0.2) is 18.2 Å². The highest BCUT2D eigenvalue weighted by Crippen LogP contribution is 2.20. The number of aromatic carboxylic acids is 1. The quantitative estimate of drug-likeness (QED) is 0.873. The maximum absolute atomic E-state index is 11.1. The average molecular weight is 274 g/mol. The Labute approximate surface area is 119 Å². The second-order valence-corrected chi connectivity index (χ2v) is 5.58. The Morgan fingerprint density at radius 1 is 1.40 bits per heavy atom. The van der Waals surface area contributed by atoms with Crippen LogP contribution in [0.3, 0.4) is 0 Å². The third-order valence-corrected chi connectivity index (χ3v) is 3.55. The Morgan fingerprint density at radius 3 is 2.75 bits per heavy atom. The smallest absolute Gasteiger partial charge is 0.335 e. The van der Waals surface area contributed by atoms with Crippen LogP contribution in [-0.2, 0) is 13.0 Å². The molecule has 0 radical (unpaired) electrons. The van der Waals surface area contributed by atoms with E-state index in [2.05, 4.69) is 30.3 Å². The van der Waals surface area contributed by atoms with E-state index in [-0.39, 0.29) is 0 Å². The monoisotopic (exact) mass is 274 g/mol. The van der Waals surface area contributed by atoms with Crippen LogP contribution in [0.25, 0.3) is 11.0 Å². The van der Waals surface area contributed by atoms with Gasteiger partial charge in [-0.3, -0.25) is 0 Å². The number of aromatic nitrogens is 2. The van der Waals surface area contributed by atoms with Gasteiger partial charge in [0.1, 0.15) is 5.82 Å². The molecule has 0 atom stereocenters. The summed E-state index contributed by atoms with van der Waals surface area (Å²) in [6.45, 7) is 7.42. The molecule has 1 aromatic heterocycles. The summed E-state index contributed by atoms with van der Waals surface area (Å²) < 4.78 is 2.17. The predicted octanol–water partition coefficient (Wildman–Crippen LogP) is 3.73. The molecule has 0 aliphatic heterocycles. The maximum Gasteiger partial charge on any atom is 0.335 e. The molecular formula is C16H22N2O2. The van der Waals surface area contributed by atoms with Crippen molar-refractivity contribution >= 4 is 17.0 Å². The molecule has 0 fully saturated rings. The topological polar surface area (TPSA) is 55.1 Å². The fourth-order valence-corrected chi connectivity index (χ4v) is 2.48. The molecule has 2 rings (SSSR count). The molecule has 1 heterocycles. The molecule has 20 heavy (non-hydrogen) atoms. The molecule has 108 valence electrons. The van der Waals surface area contributed by atoms with Crippen LogP contribution in [0.5, 0.6) is 0 Å². The Kier molecular flexibility index (Phi) is 4.42. The average Bonchev–Trinajstić information content (AvgIpc) is 2.75. The number of aryl methyl sites for hydroxylation is 2. The van der Waals surface area contributed by atoms with Crippen LogP contribution in [0.2, 0.25) is 0 Å². The molecule has 1 aromatic carbocycles. The molecule has 1 N–H and O–H groups in total. The van der Waals surface area contributed by atoms with Gasteiger partial charge >= 0.3 is 5.97 Å². The first-order valence-corrected chi connectivity index (χ1v) is 7.25. The molecular weight excluding hydrogens is 252 g/mol. The lowest BCUT2D eigenvalue weighted by atomic mass is 10.1.